The first-order valence-corrected chi connectivity index (χ1v) is 4.05. The number of hydroxylamine groups is 2. The Morgan fingerprint density at radius 1 is 1.64 bits per heavy atom. The number of epoxide rings is 1. The van der Waals surface area contributed by atoms with Crippen molar-refractivity contribution in [2.75, 3.05) is 13.2 Å². The van der Waals surface area contributed by atoms with Crippen molar-refractivity contribution in [3.8, 4) is 0 Å². The van der Waals surface area contributed by atoms with Crippen LogP contribution in [0.2, 0.25) is 0 Å². The molecule has 0 spiro atoms. The van der Waals surface area contributed by atoms with E-state index in [0.717, 1.165) is 18.0 Å². The summed E-state index contributed by atoms with van der Waals surface area (Å²) in [6, 6.07) is 0. The molecule has 1 saturated heterocycles. The maximum atomic E-state index is 11.0. The maximum absolute atomic E-state index is 11.0. The highest BCUT2D eigenvalue weighted by Gasteiger charge is 2.34. The Kier molecular flexibility index (Phi) is 3.26. The van der Waals surface area contributed by atoms with Crippen LogP contribution in [0, 0.1) is 5.21 Å². The predicted octanol–water partition coefficient (Wildman–Crippen LogP) is 0.488. The van der Waals surface area contributed by atoms with E-state index in [1.165, 1.54) is 0 Å². The van der Waals surface area contributed by atoms with Crippen LogP contribution in [0.4, 0.5) is 0 Å². The minimum Gasteiger partial charge on any atom is -0.782 e. The number of nitrogens with zero attached hydrogens (tertiary/aromatic N) is 1. The zero-order chi connectivity index (χ0) is 8.27. The van der Waals surface area contributed by atoms with Gasteiger partial charge >= 0.3 is 0 Å². The molecule has 1 N–H and O–H groups in total. The Balaban J connectivity index is 1.98. The quantitative estimate of drug-likeness (QED) is 0.274. The minimum atomic E-state index is -0.195. The van der Waals surface area contributed by atoms with Gasteiger partial charge in [0.05, 0.1) is 6.10 Å². The Hall–Kier alpha value is -0.160. The summed E-state index contributed by atoms with van der Waals surface area (Å²) in [5.41, 5.74) is 0. The monoisotopic (exact) mass is 159 g/mol. The average molecular weight is 159 g/mol. The van der Waals surface area contributed by atoms with Crippen molar-refractivity contribution in [2.45, 2.75) is 32.6 Å². The summed E-state index contributed by atoms with van der Waals surface area (Å²) in [4.78, 5) is 0. The highest BCUT2D eigenvalue weighted by molar-refractivity contribution is 4.80. The number of hydrogen-bond donors (Lipinski definition) is 1. The largest absolute Gasteiger partial charge is 0.782 e. The third-order valence-electron chi connectivity index (χ3n) is 1.66. The lowest BCUT2D eigenvalue weighted by molar-refractivity contribution is 0.223. The van der Waals surface area contributed by atoms with Gasteiger partial charge in [-0.1, -0.05) is 6.92 Å². The summed E-state index contributed by atoms with van der Waals surface area (Å²) in [6.45, 7) is 5.23. The highest BCUT2D eigenvalue weighted by atomic mass is 16.7. The number of hydrogen-bond acceptors (Lipinski definition) is 4. The van der Waals surface area contributed by atoms with Gasteiger partial charge in [-0.15, -0.1) is 0 Å². The summed E-state index contributed by atoms with van der Waals surface area (Å²) in [5.74, 6) is 0. The van der Waals surface area contributed by atoms with Crippen LogP contribution in [0.5, 0.6) is 0 Å². The summed E-state index contributed by atoms with van der Waals surface area (Å²) < 4.78 is 4.98. The lowest BCUT2D eigenvalue weighted by Crippen LogP contribution is -2.32. The van der Waals surface area contributed by atoms with Gasteiger partial charge in [0.25, 0.3) is 0 Å². The van der Waals surface area contributed by atoms with Crippen LogP contribution in [-0.4, -0.2) is 30.6 Å². The van der Waals surface area contributed by atoms with Gasteiger partial charge in [0.15, 0.2) is 0 Å². The van der Waals surface area contributed by atoms with Crippen LogP contribution < -0.4 is 5.32 Å². The summed E-state index contributed by atoms with van der Waals surface area (Å²) in [7, 11) is 0. The third-order valence-corrected chi connectivity index (χ3v) is 1.66. The molecule has 0 saturated carbocycles. The zero-order valence-corrected chi connectivity index (χ0v) is 7.04. The van der Waals surface area contributed by atoms with Crippen molar-refractivity contribution in [2.24, 2.45) is 0 Å². The van der Waals surface area contributed by atoms with Crippen molar-refractivity contribution in [1.29, 1.82) is 0 Å². The topological polar surface area (TPSA) is 50.9 Å². The summed E-state index contributed by atoms with van der Waals surface area (Å²) >= 11 is 0. The first-order valence-electron chi connectivity index (χ1n) is 4.05. The second-order valence-corrected chi connectivity index (χ2v) is 2.81. The number of ether oxygens (including phenoxy) is 1. The van der Waals surface area contributed by atoms with E-state index in [4.69, 9.17) is 4.74 Å². The van der Waals surface area contributed by atoms with Gasteiger partial charge in [-0.2, -0.15) is 0 Å². The molecule has 1 heterocycles. The van der Waals surface area contributed by atoms with Crippen molar-refractivity contribution in [3.63, 3.8) is 0 Å². The molecule has 1 unspecified atom stereocenters. The molecule has 0 aromatic rings. The first-order chi connectivity index (χ1) is 5.25. The molecule has 1 aliphatic rings. The van der Waals surface area contributed by atoms with Crippen LogP contribution in [0.1, 0.15) is 20.3 Å². The molecule has 4 heteroatoms. The van der Waals surface area contributed by atoms with E-state index in [0.29, 0.717) is 6.67 Å². The van der Waals surface area contributed by atoms with Gasteiger partial charge in [-0.05, 0) is 19.9 Å². The molecular formula is C7H15N2O2-. The number of rotatable bonds is 5. The highest BCUT2D eigenvalue weighted by Crippen LogP contribution is 2.23. The molecule has 1 fully saturated rings. The van der Waals surface area contributed by atoms with Crippen molar-refractivity contribution >= 4 is 0 Å². The number of nitrogens with one attached hydrogen (secondary N) is 1. The summed E-state index contributed by atoms with van der Waals surface area (Å²) in [6.07, 6.45) is 0.977. The van der Waals surface area contributed by atoms with Crippen LogP contribution in [-0.2, 0) is 4.74 Å². The van der Waals surface area contributed by atoms with E-state index in [1.54, 1.807) is 0 Å². The molecule has 0 radical (unpaired) electrons. The molecule has 1 aliphatic heterocycles. The van der Waals surface area contributed by atoms with Gasteiger partial charge in [-0.3, -0.25) is 0 Å². The average Bonchev–Trinajstić information content (AvgIpc) is 2.67. The fraction of sp³-hybridized carbons (Fsp3) is 1.00. The molecule has 4 nitrogen and oxygen atoms in total. The van der Waals surface area contributed by atoms with E-state index in [9.17, 15) is 5.21 Å². The SMILES string of the molecule is CCCNCN([O-])C1O[C@@H]1C. The second-order valence-electron chi connectivity index (χ2n) is 2.81. The van der Waals surface area contributed by atoms with E-state index < -0.39 is 0 Å². The molecule has 0 aromatic heterocycles. The fourth-order valence-corrected chi connectivity index (χ4v) is 0.933. The zero-order valence-electron chi connectivity index (χ0n) is 7.04. The molecular weight excluding hydrogens is 144 g/mol. The van der Waals surface area contributed by atoms with Gasteiger partial charge in [0, 0.05) is 6.67 Å². The molecule has 0 bridgehead atoms. The first kappa shape index (κ1) is 8.93. The van der Waals surface area contributed by atoms with E-state index >= 15 is 0 Å². The van der Waals surface area contributed by atoms with Crippen LogP contribution in [0.3, 0.4) is 0 Å². The fourth-order valence-electron chi connectivity index (χ4n) is 0.933. The normalized spacial score (nSPS) is 29.5. The lowest BCUT2D eigenvalue weighted by atomic mass is 10.5. The second kappa shape index (κ2) is 4.01. The standard InChI is InChI=1S/C7H15N2O2/c1-3-4-8-5-9(10)7-6(2)11-7/h6-8H,3-5H2,1-2H3/q-1/t6-,7?/m1/s1. The molecule has 0 aliphatic carbocycles. The van der Waals surface area contributed by atoms with Crippen LogP contribution in [0.15, 0.2) is 0 Å². The van der Waals surface area contributed by atoms with Gasteiger partial charge in [0.1, 0.15) is 6.23 Å². The minimum absolute atomic E-state index is 0.121. The van der Waals surface area contributed by atoms with Crippen molar-refractivity contribution in [3.05, 3.63) is 5.21 Å². The third kappa shape index (κ3) is 2.75. The lowest BCUT2D eigenvalue weighted by Gasteiger charge is -2.26. The molecule has 1 rings (SSSR count). The Morgan fingerprint density at radius 3 is 2.73 bits per heavy atom. The molecule has 0 amide bonds. The molecule has 11 heavy (non-hydrogen) atoms. The van der Waals surface area contributed by atoms with Crippen LogP contribution in [0.25, 0.3) is 0 Å². The molecule has 66 valence electrons. The van der Waals surface area contributed by atoms with Crippen molar-refractivity contribution in [1.82, 2.24) is 10.4 Å². The van der Waals surface area contributed by atoms with Crippen molar-refractivity contribution < 1.29 is 4.74 Å². The van der Waals surface area contributed by atoms with Crippen LogP contribution >= 0.6 is 0 Å². The smallest absolute Gasteiger partial charge is 0.127 e. The Bertz CT molecular complexity index is 121. The van der Waals surface area contributed by atoms with E-state index in [2.05, 4.69) is 12.2 Å². The molecule has 2 atom stereocenters. The van der Waals surface area contributed by atoms with E-state index in [-0.39, 0.29) is 12.3 Å². The Labute approximate surface area is 67.1 Å². The van der Waals surface area contributed by atoms with Gasteiger partial charge in [-0.25, -0.2) is 0 Å². The van der Waals surface area contributed by atoms with Gasteiger partial charge < -0.3 is 20.3 Å². The van der Waals surface area contributed by atoms with E-state index in [1.807, 2.05) is 6.92 Å². The van der Waals surface area contributed by atoms with Gasteiger partial charge in [0.2, 0.25) is 0 Å². The maximum Gasteiger partial charge on any atom is 0.127 e. The summed E-state index contributed by atoms with van der Waals surface area (Å²) in [5, 5.41) is 15.0. The molecule has 0 aromatic carbocycles. The predicted molar refractivity (Wildman–Crippen MR) is 42.7 cm³/mol. The Morgan fingerprint density at radius 2 is 2.27 bits per heavy atom.